The molecule has 1 rings (SSSR count). The van der Waals surface area contributed by atoms with E-state index in [1.165, 1.54) is 0 Å². The third-order valence-corrected chi connectivity index (χ3v) is 6.01. The van der Waals surface area contributed by atoms with Gasteiger partial charge in [-0.25, -0.2) is 21.6 Å². The van der Waals surface area contributed by atoms with Crippen molar-refractivity contribution in [3.63, 3.8) is 0 Å². The van der Waals surface area contributed by atoms with Crippen LogP contribution in [0.25, 0.3) is 0 Å². The summed E-state index contributed by atoms with van der Waals surface area (Å²) in [5, 5.41) is -0.804. The van der Waals surface area contributed by atoms with Crippen LogP contribution in [0, 0.1) is 0 Å². The lowest BCUT2D eigenvalue weighted by Gasteiger charge is -2.10. The topological polar surface area (TPSA) is 80.3 Å². The number of hydrogen-bond acceptors (Lipinski definition) is 4. The van der Waals surface area contributed by atoms with E-state index < -0.39 is 25.1 Å². The molecular formula is C8H15NO4S2. The Balaban J connectivity index is 2.68. The molecule has 1 N–H and O–H groups in total. The first-order valence-corrected chi connectivity index (χ1v) is 7.93. The Hall–Kier alpha value is -0.400. The van der Waals surface area contributed by atoms with Crippen LogP contribution < -0.4 is 4.72 Å². The van der Waals surface area contributed by atoms with E-state index in [0.29, 0.717) is 5.57 Å². The number of nitrogens with one attached hydrogen (secondary N) is 1. The lowest BCUT2D eigenvalue weighted by Crippen LogP contribution is -2.35. The maximum Gasteiger partial charge on any atom is 0.215 e. The van der Waals surface area contributed by atoms with E-state index in [-0.39, 0.29) is 24.5 Å². The molecule has 7 heteroatoms. The molecule has 0 aliphatic carbocycles. The van der Waals surface area contributed by atoms with E-state index >= 15 is 0 Å². The zero-order valence-electron chi connectivity index (χ0n) is 8.56. The van der Waals surface area contributed by atoms with Crippen molar-refractivity contribution < 1.29 is 16.8 Å². The Morgan fingerprint density at radius 3 is 2.53 bits per heavy atom. The number of sulfonamides is 1. The predicted octanol–water partition coefficient (Wildman–Crippen LogP) is -0.331. The summed E-state index contributed by atoms with van der Waals surface area (Å²) in [6.45, 7) is 5.44. The molecule has 1 saturated heterocycles. The van der Waals surface area contributed by atoms with Crippen LogP contribution in [0.5, 0.6) is 0 Å². The summed E-state index contributed by atoms with van der Waals surface area (Å²) in [5.74, 6) is -0.301. The zero-order chi connectivity index (χ0) is 11.7. The average Bonchev–Trinajstić information content (AvgIpc) is 2.43. The molecule has 15 heavy (non-hydrogen) atoms. The highest BCUT2D eigenvalue weighted by Gasteiger charge is 2.36. The van der Waals surface area contributed by atoms with Crippen molar-refractivity contribution in [1.82, 2.24) is 4.72 Å². The van der Waals surface area contributed by atoms with Crippen LogP contribution in [0.2, 0.25) is 0 Å². The van der Waals surface area contributed by atoms with Gasteiger partial charge < -0.3 is 0 Å². The average molecular weight is 253 g/mol. The van der Waals surface area contributed by atoms with Gasteiger partial charge in [0.15, 0.2) is 9.84 Å². The van der Waals surface area contributed by atoms with Gasteiger partial charge >= 0.3 is 0 Å². The van der Waals surface area contributed by atoms with Crippen molar-refractivity contribution in [3.05, 3.63) is 12.2 Å². The van der Waals surface area contributed by atoms with Gasteiger partial charge in [0.1, 0.15) is 0 Å². The fraction of sp³-hybridized carbons (Fsp3) is 0.750. The molecule has 0 amide bonds. The van der Waals surface area contributed by atoms with Crippen LogP contribution >= 0.6 is 0 Å². The molecule has 1 aliphatic heterocycles. The fourth-order valence-electron chi connectivity index (χ4n) is 1.35. The van der Waals surface area contributed by atoms with Crippen molar-refractivity contribution in [1.29, 1.82) is 0 Å². The van der Waals surface area contributed by atoms with Crippen molar-refractivity contribution >= 4 is 19.9 Å². The molecular weight excluding hydrogens is 238 g/mol. The maximum absolute atomic E-state index is 11.6. The standard InChI is InChI=1S/C8H15NO4S2/c1-7(2)5-9-15(12,13)8-3-4-14(10,11)6-8/h8-9H,1,3-6H2,2H3. The largest absolute Gasteiger partial charge is 0.229 e. The SMILES string of the molecule is C=C(C)CNS(=O)(=O)C1CCS(=O)(=O)C1. The Bertz CT molecular complexity index is 449. The second kappa shape index (κ2) is 4.23. The first kappa shape index (κ1) is 12.7. The van der Waals surface area contributed by atoms with E-state index in [4.69, 9.17) is 0 Å². The van der Waals surface area contributed by atoms with Crippen LogP contribution in [0.4, 0.5) is 0 Å². The molecule has 0 radical (unpaired) electrons. The molecule has 0 aromatic carbocycles. The molecule has 0 saturated carbocycles. The summed E-state index contributed by atoms with van der Waals surface area (Å²) in [7, 11) is -6.67. The van der Waals surface area contributed by atoms with Gasteiger partial charge in [0.25, 0.3) is 0 Å². The van der Waals surface area contributed by atoms with Gasteiger partial charge in [-0.05, 0) is 13.3 Å². The third-order valence-electron chi connectivity index (χ3n) is 2.20. The molecule has 88 valence electrons. The molecule has 0 aromatic heterocycles. The minimum Gasteiger partial charge on any atom is -0.229 e. The van der Waals surface area contributed by atoms with Gasteiger partial charge in [0.2, 0.25) is 10.0 Å². The van der Waals surface area contributed by atoms with Crippen molar-refractivity contribution in [2.24, 2.45) is 0 Å². The first-order chi connectivity index (χ1) is 6.73. The van der Waals surface area contributed by atoms with Crippen molar-refractivity contribution in [2.75, 3.05) is 18.1 Å². The van der Waals surface area contributed by atoms with Crippen LogP contribution in [0.15, 0.2) is 12.2 Å². The number of sulfone groups is 1. The molecule has 1 atom stereocenters. The summed E-state index contributed by atoms with van der Waals surface area (Å²) >= 11 is 0. The molecule has 1 unspecified atom stereocenters. The Morgan fingerprint density at radius 2 is 2.13 bits per heavy atom. The molecule has 0 bridgehead atoms. The van der Waals surface area contributed by atoms with Crippen molar-refractivity contribution in [3.8, 4) is 0 Å². The predicted molar refractivity (Wildman–Crippen MR) is 58.8 cm³/mol. The number of hydrogen-bond donors (Lipinski definition) is 1. The van der Waals surface area contributed by atoms with Gasteiger partial charge in [-0.2, -0.15) is 0 Å². The highest BCUT2D eigenvalue weighted by atomic mass is 32.2. The molecule has 5 nitrogen and oxygen atoms in total. The maximum atomic E-state index is 11.6. The summed E-state index contributed by atoms with van der Waals surface area (Å²) in [4.78, 5) is 0. The van der Waals surface area contributed by atoms with Crippen LogP contribution in [0.3, 0.4) is 0 Å². The highest BCUT2D eigenvalue weighted by molar-refractivity contribution is 7.95. The van der Waals surface area contributed by atoms with Crippen molar-refractivity contribution in [2.45, 2.75) is 18.6 Å². The third kappa shape index (κ3) is 3.58. The summed E-state index contributed by atoms with van der Waals surface area (Å²) in [6, 6.07) is 0. The monoisotopic (exact) mass is 253 g/mol. The molecule has 1 fully saturated rings. The Morgan fingerprint density at radius 1 is 1.53 bits per heavy atom. The van der Waals surface area contributed by atoms with Gasteiger partial charge in [-0.15, -0.1) is 0 Å². The summed E-state index contributed by atoms with van der Waals surface area (Å²) < 4.78 is 47.8. The highest BCUT2D eigenvalue weighted by Crippen LogP contribution is 2.17. The lowest BCUT2D eigenvalue weighted by atomic mass is 10.4. The lowest BCUT2D eigenvalue weighted by molar-refractivity contribution is 0.571. The molecule has 1 aliphatic rings. The Kier molecular flexibility index (Phi) is 3.57. The van der Waals surface area contributed by atoms with Gasteiger partial charge in [0.05, 0.1) is 16.8 Å². The van der Waals surface area contributed by atoms with E-state index in [9.17, 15) is 16.8 Å². The molecule has 0 aromatic rings. The first-order valence-electron chi connectivity index (χ1n) is 4.56. The minimum atomic E-state index is -3.52. The molecule has 0 spiro atoms. The van der Waals surface area contributed by atoms with E-state index in [2.05, 4.69) is 11.3 Å². The van der Waals surface area contributed by atoms with E-state index in [1.54, 1.807) is 6.92 Å². The van der Waals surface area contributed by atoms with Gasteiger partial charge in [-0.1, -0.05) is 12.2 Å². The van der Waals surface area contributed by atoms with Crippen LogP contribution in [0.1, 0.15) is 13.3 Å². The Labute approximate surface area is 90.5 Å². The quantitative estimate of drug-likeness (QED) is 0.696. The zero-order valence-corrected chi connectivity index (χ0v) is 10.2. The fourth-order valence-corrected chi connectivity index (χ4v) is 5.49. The van der Waals surface area contributed by atoms with E-state index in [0.717, 1.165) is 0 Å². The summed E-state index contributed by atoms with van der Waals surface area (Å²) in [6.07, 6.45) is 0.188. The second-order valence-electron chi connectivity index (χ2n) is 3.85. The second-order valence-corrected chi connectivity index (χ2v) is 8.12. The van der Waals surface area contributed by atoms with E-state index in [1.807, 2.05) is 0 Å². The van der Waals surface area contributed by atoms with Gasteiger partial charge in [-0.3, -0.25) is 0 Å². The van der Waals surface area contributed by atoms with Gasteiger partial charge in [0, 0.05) is 6.54 Å². The van der Waals surface area contributed by atoms with Crippen LogP contribution in [-0.4, -0.2) is 40.1 Å². The normalized spacial score (nSPS) is 25.3. The number of rotatable bonds is 4. The molecule has 1 heterocycles. The van der Waals surface area contributed by atoms with Crippen LogP contribution in [-0.2, 0) is 19.9 Å². The summed E-state index contributed by atoms with van der Waals surface area (Å²) in [5.41, 5.74) is 0.694. The minimum absolute atomic E-state index is 0.0361. The smallest absolute Gasteiger partial charge is 0.215 e.